The van der Waals surface area contributed by atoms with E-state index in [1.165, 1.54) is 9.71 Å². The molecule has 0 amide bonds. The van der Waals surface area contributed by atoms with E-state index in [4.69, 9.17) is 0 Å². The number of aromatic nitrogens is 1. The Hall–Kier alpha value is -0.970. The predicted molar refractivity (Wildman–Crippen MR) is 74.5 cm³/mol. The molecule has 4 heteroatoms. The quantitative estimate of drug-likeness (QED) is 0.797. The van der Waals surface area contributed by atoms with Gasteiger partial charge in [0.25, 0.3) is 0 Å². The molecule has 0 fully saturated rings. The minimum Gasteiger partial charge on any atom is -0.316 e. The number of para-hydroxylation sites is 1. The molecule has 1 aromatic carbocycles. The van der Waals surface area contributed by atoms with Crippen molar-refractivity contribution in [3.8, 4) is 0 Å². The Bertz CT molecular complexity index is 433. The zero-order valence-corrected chi connectivity index (χ0v) is 11.3. The fourth-order valence-electron chi connectivity index (χ4n) is 1.74. The third-order valence-corrected chi connectivity index (χ3v) is 3.68. The van der Waals surface area contributed by atoms with Gasteiger partial charge in [-0.25, -0.2) is 4.98 Å². The van der Waals surface area contributed by atoms with Crippen LogP contribution in [0.2, 0.25) is 0 Å². The Morgan fingerprint density at radius 1 is 1.35 bits per heavy atom. The van der Waals surface area contributed by atoms with Crippen LogP contribution in [0.5, 0.6) is 0 Å². The van der Waals surface area contributed by atoms with Crippen LogP contribution in [0.1, 0.15) is 11.9 Å². The number of nitrogens with zero attached hydrogens (tertiary/aromatic N) is 2. The average Bonchev–Trinajstić information content (AvgIpc) is 2.71. The number of nitrogens with one attached hydrogen (secondary N) is 1. The molecule has 92 valence electrons. The molecule has 3 nitrogen and oxygen atoms in total. The molecule has 1 heterocycles. The molecular weight excluding hydrogens is 230 g/mol. The maximum absolute atomic E-state index is 4.64. The molecular formula is C13H19N3S. The highest BCUT2D eigenvalue weighted by Crippen LogP contribution is 2.22. The summed E-state index contributed by atoms with van der Waals surface area (Å²) in [6.07, 6.45) is 0. The van der Waals surface area contributed by atoms with Crippen molar-refractivity contribution in [1.29, 1.82) is 0 Å². The van der Waals surface area contributed by atoms with Crippen LogP contribution in [0, 0.1) is 0 Å². The number of rotatable bonds is 6. The van der Waals surface area contributed by atoms with Crippen LogP contribution < -0.4 is 5.32 Å². The lowest BCUT2D eigenvalue weighted by atomic mass is 10.3. The lowest BCUT2D eigenvalue weighted by molar-refractivity contribution is 0.325. The van der Waals surface area contributed by atoms with E-state index in [0.717, 1.165) is 31.7 Å². The molecule has 0 saturated heterocycles. The van der Waals surface area contributed by atoms with Crippen molar-refractivity contribution in [2.24, 2.45) is 0 Å². The van der Waals surface area contributed by atoms with Crippen molar-refractivity contribution >= 4 is 21.6 Å². The van der Waals surface area contributed by atoms with Crippen molar-refractivity contribution in [3.05, 3.63) is 29.3 Å². The Labute approximate surface area is 106 Å². The normalized spacial score (nSPS) is 11.5. The number of thiazole rings is 1. The van der Waals surface area contributed by atoms with Crippen LogP contribution >= 0.6 is 11.3 Å². The fourth-order valence-corrected chi connectivity index (χ4v) is 2.79. The molecule has 17 heavy (non-hydrogen) atoms. The largest absolute Gasteiger partial charge is 0.316 e. The lowest BCUT2D eigenvalue weighted by Crippen LogP contribution is -2.28. The molecule has 1 N–H and O–H groups in total. The maximum Gasteiger partial charge on any atom is 0.108 e. The highest BCUT2D eigenvalue weighted by molar-refractivity contribution is 7.18. The Kier molecular flexibility index (Phi) is 4.48. The van der Waals surface area contributed by atoms with Crippen LogP contribution in [0.25, 0.3) is 10.2 Å². The van der Waals surface area contributed by atoms with Gasteiger partial charge in [0.2, 0.25) is 0 Å². The standard InChI is InChI=1S/C13H19N3S/c1-3-14-8-9-16(2)10-13-15-11-6-4-5-7-12(11)17-13/h4-7,14H,3,8-10H2,1-2H3. The van der Waals surface area contributed by atoms with Crippen molar-refractivity contribution in [2.45, 2.75) is 13.5 Å². The van der Waals surface area contributed by atoms with Gasteiger partial charge in [-0.15, -0.1) is 11.3 Å². The minimum absolute atomic E-state index is 0.935. The maximum atomic E-state index is 4.64. The molecule has 0 saturated carbocycles. The fraction of sp³-hybridized carbons (Fsp3) is 0.462. The monoisotopic (exact) mass is 249 g/mol. The van der Waals surface area contributed by atoms with Gasteiger partial charge < -0.3 is 5.32 Å². The van der Waals surface area contributed by atoms with Gasteiger partial charge in [-0.2, -0.15) is 0 Å². The van der Waals surface area contributed by atoms with E-state index >= 15 is 0 Å². The van der Waals surface area contributed by atoms with Crippen LogP contribution in [0.3, 0.4) is 0 Å². The van der Waals surface area contributed by atoms with Gasteiger partial charge in [0, 0.05) is 13.1 Å². The van der Waals surface area contributed by atoms with E-state index in [1.807, 2.05) is 6.07 Å². The molecule has 0 aliphatic carbocycles. The second kappa shape index (κ2) is 6.10. The van der Waals surface area contributed by atoms with Crippen molar-refractivity contribution in [1.82, 2.24) is 15.2 Å². The van der Waals surface area contributed by atoms with Gasteiger partial charge in [-0.05, 0) is 25.7 Å². The van der Waals surface area contributed by atoms with Gasteiger partial charge in [-0.3, -0.25) is 4.90 Å². The summed E-state index contributed by atoms with van der Waals surface area (Å²) >= 11 is 1.79. The van der Waals surface area contributed by atoms with Crippen molar-refractivity contribution in [2.75, 3.05) is 26.7 Å². The number of benzene rings is 1. The van der Waals surface area contributed by atoms with Gasteiger partial charge >= 0.3 is 0 Å². The first-order chi connectivity index (χ1) is 8.29. The molecule has 0 radical (unpaired) electrons. The molecule has 0 atom stereocenters. The predicted octanol–water partition coefficient (Wildman–Crippen LogP) is 2.34. The molecule has 0 aliphatic heterocycles. The van der Waals surface area contributed by atoms with E-state index in [-0.39, 0.29) is 0 Å². The summed E-state index contributed by atoms with van der Waals surface area (Å²) in [5.41, 5.74) is 1.12. The number of hydrogen-bond acceptors (Lipinski definition) is 4. The van der Waals surface area contributed by atoms with E-state index in [0.29, 0.717) is 0 Å². The van der Waals surface area contributed by atoms with Gasteiger partial charge in [0.1, 0.15) is 5.01 Å². The van der Waals surface area contributed by atoms with E-state index in [1.54, 1.807) is 11.3 Å². The second-order valence-corrected chi connectivity index (χ2v) is 5.28. The Balaban J connectivity index is 1.93. The molecule has 2 rings (SSSR count). The molecule has 0 spiro atoms. The highest BCUT2D eigenvalue weighted by Gasteiger charge is 2.05. The van der Waals surface area contributed by atoms with Crippen LogP contribution in [-0.2, 0) is 6.54 Å². The van der Waals surface area contributed by atoms with E-state index in [2.05, 4.69) is 47.4 Å². The summed E-state index contributed by atoms with van der Waals surface area (Å²) in [6.45, 7) is 6.20. The second-order valence-electron chi connectivity index (χ2n) is 4.17. The Morgan fingerprint density at radius 2 is 2.18 bits per heavy atom. The summed E-state index contributed by atoms with van der Waals surface area (Å²) in [7, 11) is 2.14. The summed E-state index contributed by atoms with van der Waals surface area (Å²) in [4.78, 5) is 6.94. The van der Waals surface area contributed by atoms with Crippen molar-refractivity contribution < 1.29 is 0 Å². The van der Waals surface area contributed by atoms with Gasteiger partial charge in [0.15, 0.2) is 0 Å². The summed E-state index contributed by atoms with van der Waals surface area (Å²) < 4.78 is 1.28. The number of likely N-dealkylation sites (N-methyl/N-ethyl adjacent to an activating group) is 2. The molecule has 0 unspecified atom stereocenters. The number of hydrogen-bond donors (Lipinski definition) is 1. The molecule has 2 aromatic rings. The molecule has 0 bridgehead atoms. The third-order valence-electron chi connectivity index (χ3n) is 2.66. The van der Waals surface area contributed by atoms with Crippen LogP contribution in [0.4, 0.5) is 0 Å². The average molecular weight is 249 g/mol. The van der Waals surface area contributed by atoms with Crippen molar-refractivity contribution in [3.63, 3.8) is 0 Å². The third kappa shape index (κ3) is 3.49. The first-order valence-corrected chi connectivity index (χ1v) is 6.85. The SMILES string of the molecule is CCNCCN(C)Cc1nc2ccccc2s1. The first kappa shape index (κ1) is 12.5. The highest BCUT2D eigenvalue weighted by atomic mass is 32.1. The minimum atomic E-state index is 0.935. The number of fused-ring (bicyclic) bond motifs is 1. The smallest absolute Gasteiger partial charge is 0.108 e. The molecule has 1 aromatic heterocycles. The summed E-state index contributed by atoms with van der Waals surface area (Å²) in [5, 5.41) is 4.53. The van der Waals surface area contributed by atoms with E-state index < -0.39 is 0 Å². The van der Waals surface area contributed by atoms with Gasteiger partial charge in [-0.1, -0.05) is 19.1 Å². The van der Waals surface area contributed by atoms with Crippen LogP contribution in [-0.4, -0.2) is 36.6 Å². The zero-order chi connectivity index (χ0) is 12.1. The zero-order valence-electron chi connectivity index (χ0n) is 10.4. The molecule has 0 aliphatic rings. The van der Waals surface area contributed by atoms with Gasteiger partial charge in [0.05, 0.1) is 16.8 Å². The topological polar surface area (TPSA) is 28.2 Å². The first-order valence-electron chi connectivity index (χ1n) is 6.03. The summed E-state index contributed by atoms with van der Waals surface area (Å²) in [6, 6.07) is 8.32. The van der Waals surface area contributed by atoms with E-state index in [9.17, 15) is 0 Å². The Morgan fingerprint density at radius 3 is 2.94 bits per heavy atom. The summed E-state index contributed by atoms with van der Waals surface area (Å²) in [5.74, 6) is 0. The van der Waals surface area contributed by atoms with Crippen LogP contribution in [0.15, 0.2) is 24.3 Å². The lowest BCUT2D eigenvalue weighted by Gasteiger charge is -2.14.